The van der Waals surface area contributed by atoms with Crippen molar-refractivity contribution in [2.24, 2.45) is 0 Å². The maximum absolute atomic E-state index is 12.4. The number of aromatic amines is 1. The maximum Gasteiger partial charge on any atom is 0.416 e. The fourth-order valence-corrected chi connectivity index (χ4v) is 3.74. The number of hydrogen-bond donors (Lipinski definition) is 2. The third kappa shape index (κ3) is 9.34. The zero-order valence-electron chi connectivity index (χ0n) is 21.6. The standard InChI is InChI=1S/C13H15F3O2S.C10H9N3O3.C3H8/c1-19-17-8-11-6-7-12(18-11)9-2-4-10(5-3-9)13(14,15)16;1-6-4-13(5-11-6)8-3-2-7(10(15)16)12-9(8)14;1-3-2/h2-5,11-12H,6-8H2,1H3;2-5H,1H3,(H,12,14)(H,15,16);3H2,1-2H3. The number of nitrogens with zero attached hydrogens (tertiary/aromatic N) is 2. The summed E-state index contributed by atoms with van der Waals surface area (Å²) in [5.74, 6) is -1.16. The Morgan fingerprint density at radius 2 is 1.87 bits per heavy atom. The zero-order valence-corrected chi connectivity index (χ0v) is 22.4. The second kappa shape index (κ2) is 14.7. The number of H-pyrrole nitrogens is 1. The lowest BCUT2D eigenvalue weighted by Crippen LogP contribution is -2.17. The van der Waals surface area contributed by atoms with Crippen molar-refractivity contribution in [2.45, 2.75) is 58.4 Å². The number of aryl methyl sites for hydroxylation is 1. The number of carboxylic acid groups (broad SMARTS) is 1. The highest BCUT2D eigenvalue weighted by atomic mass is 32.2. The van der Waals surface area contributed by atoms with E-state index in [4.69, 9.17) is 14.0 Å². The van der Waals surface area contributed by atoms with E-state index >= 15 is 0 Å². The van der Waals surface area contributed by atoms with E-state index in [1.54, 1.807) is 17.7 Å². The minimum atomic E-state index is -4.29. The van der Waals surface area contributed by atoms with E-state index in [0.29, 0.717) is 12.3 Å². The average Bonchev–Trinajstić information content (AvgIpc) is 3.52. The van der Waals surface area contributed by atoms with E-state index < -0.39 is 23.3 Å². The van der Waals surface area contributed by atoms with Crippen molar-refractivity contribution in [3.8, 4) is 5.69 Å². The molecule has 0 amide bonds. The van der Waals surface area contributed by atoms with Crippen molar-refractivity contribution in [1.82, 2.24) is 14.5 Å². The molecule has 8 nitrogen and oxygen atoms in total. The van der Waals surface area contributed by atoms with Crippen molar-refractivity contribution in [1.29, 1.82) is 0 Å². The molecule has 0 bridgehead atoms. The van der Waals surface area contributed by atoms with E-state index in [2.05, 4.69) is 23.8 Å². The second-order valence-corrected chi connectivity index (χ2v) is 8.99. The molecule has 1 aromatic carbocycles. The summed E-state index contributed by atoms with van der Waals surface area (Å²) >= 11 is 1.29. The van der Waals surface area contributed by atoms with E-state index in [1.165, 1.54) is 49.1 Å². The van der Waals surface area contributed by atoms with Gasteiger partial charge in [-0.15, -0.1) is 0 Å². The van der Waals surface area contributed by atoms with Crippen molar-refractivity contribution >= 4 is 18.0 Å². The number of aromatic carboxylic acids is 1. The molecule has 2 N–H and O–H groups in total. The molecular weight excluding hydrogens is 523 g/mol. The first-order valence-corrected chi connectivity index (χ1v) is 13.1. The normalized spacial score (nSPS) is 16.7. The van der Waals surface area contributed by atoms with Gasteiger partial charge in [0.1, 0.15) is 11.4 Å². The molecule has 1 saturated heterocycles. The van der Waals surface area contributed by atoms with Gasteiger partial charge in [-0.1, -0.05) is 32.4 Å². The number of alkyl halides is 3. The Morgan fingerprint density at radius 1 is 1.21 bits per heavy atom. The molecule has 0 saturated carbocycles. The van der Waals surface area contributed by atoms with Crippen molar-refractivity contribution in [2.75, 3.05) is 12.9 Å². The Labute approximate surface area is 223 Å². The van der Waals surface area contributed by atoms with Crippen LogP contribution in [0.15, 0.2) is 53.7 Å². The van der Waals surface area contributed by atoms with Crippen LogP contribution in [0.1, 0.15) is 66.5 Å². The molecule has 12 heteroatoms. The summed E-state index contributed by atoms with van der Waals surface area (Å²) in [5, 5.41) is 8.69. The van der Waals surface area contributed by atoms with Gasteiger partial charge in [0.2, 0.25) is 0 Å². The summed E-state index contributed by atoms with van der Waals surface area (Å²) < 4.78 is 49.8. The van der Waals surface area contributed by atoms with Gasteiger partial charge in [0, 0.05) is 12.5 Å². The number of carboxylic acids is 1. The Bertz CT molecular complexity index is 1210. The quantitative estimate of drug-likeness (QED) is 0.349. The van der Waals surface area contributed by atoms with E-state index in [9.17, 15) is 22.8 Å². The summed E-state index contributed by atoms with van der Waals surface area (Å²) in [7, 11) is 0. The molecule has 1 aliphatic rings. The molecule has 2 atom stereocenters. The molecule has 0 aliphatic carbocycles. The molecule has 0 spiro atoms. The SMILES string of the molecule is CCC.CSOCC1CCC(c2ccc(C(F)(F)F)cc2)O1.Cc1cn(-c2ccc(C(=O)O)[nH]c2=O)cn1. The van der Waals surface area contributed by atoms with Crippen LogP contribution in [0.3, 0.4) is 0 Å². The van der Waals surface area contributed by atoms with Crippen LogP contribution in [-0.4, -0.2) is 44.6 Å². The average molecular weight is 556 g/mol. The second-order valence-electron chi connectivity index (χ2n) is 8.42. The smallest absolute Gasteiger partial charge is 0.416 e. The summed E-state index contributed by atoms with van der Waals surface area (Å²) in [4.78, 5) is 28.5. The maximum atomic E-state index is 12.4. The molecule has 3 heterocycles. The molecule has 3 aromatic rings. The predicted molar refractivity (Wildman–Crippen MR) is 140 cm³/mol. The summed E-state index contributed by atoms with van der Waals surface area (Å²) in [6, 6.07) is 7.98. The first kappa shape index (κ1) is 31.1. The van der Waals surface area contributed by atoms with Crippen LogP contribution in [0.4, 0.5) is 13.2 Å². The van der Waals surface area contributed by atoms with Crippen LogP contribution in [-0.2, 0) is 15.1 Å². The van der Waals surface area contributed by atoms with Crippen molar-refractivity contribution < 1.29 is 32.0 Å². The summed E-state index contributed by atoms with van der Waals surface area (Å²) in [6.45, 7) is 6.56. The number of nitrogens with one attached hydrogen (secondary N) is 1. The monoisotopic (exact) mass is 555 g/mol. The molecule has 2 aromatic heterocycles. The first-order valence-electron chi connectivity index (χ1n) is 12.0. The number of halogens is 3. The lowest BCUT2D eigenvalue weighted by Gasteiger charge is -2.14. The summed E-state index contributed by atoms with van der Waals surface area (Å²) in [6.07, 6.45) is 3.56. The van der Waals surface area contributed by atoms with Crippen LogP contribution >= 0.6 is 12.0 Å². The lowest BCUT2D eigenvalue weighted by atomic mass is 10.0. The fourth-order valence-electron chi connectivity index (χ4n) is 3.45. The molecule has 4 rings (SSSR count). The number of hydrogen-bond acceptors (Lipinski definition) is 6. The molecule has 208 valence electrons. The Kier molecular flexibility index (Phi) is 12.1. The van der Waals surface area contributed by atoms with E-state index in [-0.39, 0.29) is 17.9 Å². The van der Waals surface area contributed by atoms with Gasteiger partial charge in [-0.2, -0.15) is 13.2 Å². The largest absolute Gasteiger partial charge is 0.477 e. The first-order chi connectivity index (χ1) is 18.0. The molecule has 1 fully saturated rings. The number of carbonyl (C=O) groups is 1. The lowest BCUT2D eigenvalue weighted by molar-refractivity contribution is -0.137. The molecule has 2 unspecified atom stereocenters. The van der Waals surface area contributed by atoms with Crippen LogP contribution in [0.5, 0.6) is 0 Å². The number of pyridine rings is 1. The third-order valence-corrected chi connectivity index (χ3v) is 5.57. The highest BCUT2D eigenvalue weighted by Gasteiger charge is 2.31. The molecular formula is C26H32F3N3O5S. The van der Waals surface area contributed by atoms with Crippen molar-refractivity contribution in [3.05, 3.63) is 81.8 Å². The van der Waals surface area contributed by atoms with Crippen LogP contribution < -0.4 is 5.56 Å². The van der Waals surface area contributed by atoms with E-state index in [1.807, 2.05) is 6.26 Å². The third-order valence-electron chi connectivity index (χ3n) is 5.20. The molecule has 38 heavy (non-hydrogen) atoms. The highest BCUT2D eigenvalue weighted by Crippen LogP contribution is 2.35. The van der Waals surface area contributed by atoms with E-state index in [0.717, 1.165) is 36.2 Å². The fraction of sp³-hybridized carbons (Fsp3) is 0.423. The number of benzene rings is 1. The van der Waals surface area contributed by atoms with Crippen LogP contribution in [0.25, 0.3) is 5.69 Å². The minimum Gasteiger partial charge on any atom is -0.477 e. The number of rotatable bonds is 6. The number of aromatic nitrogens is 3. The van der Waals surface area contributed by atoms with Gasteiger partial charge in [0.15, 0.2) is 0 Å². The van der Waals surface area contributed by atoms with Crippen molar-refractivity contribution in [3.63, 3.8) is 0 Å². The van der Waals surface area contributed by atoms with Gasteiger partial charge in [-0.3, -0.25) is 4.79 Å². The Morgan fingerprint density at radius 3 is 2.37 bits per heavy atom. The van der Waals surface area contributed by atoms with Gasteiger partial charge in [0.25, 0.3) is 5.56 Å². The summed E-state index contributed by atoms with van der Waals surface area (Å²) in [5.41, 5.74) is 0.686. The van der Waals surface area contributed by atoms with Gasteiger partial charge >= 0.3 is 12.1 Å². The Hall–Kier alpha value is -3.09. The van der Waals surface area contributed by atoms with Gasteiger partial charge in [-0.05, 0) is 61.6 Å². The molecule has 0 radical (unpaired) electrons. The van der Waals surface area contributed by atoms with Gasteiger partial charge in [0.05, 0.1) is 36.4 Å². The van der Waals surface area contributed by atoms with Gasteiger partial charge in [-0.25, -0.2) is 9.78 Å². The number of ether oxygens (including phenoxy) is 1. The van der Waals surface area contributed by atoms with Crippen LogP contribution in [0, 0.1) is 6.92 Å². The zero-order chi connectivity index (χ0) is 28.3. The van der Waals surface area contributed by atoms with Crippen LogP contribution in [0.2, 0.25) is 0 Å². The predicted octanol–water partition coefficient (Wildman–Crippen LogP) is 6.20. The van der Waals surface area contributed by atoms with Gasteiger partial charge < -0.3 is 23.6 Å². The number of imidazole rings is 1. The highest BCUT2D eigenvalue weighted by molar-refractivity contribution is 7.93. The topological polar surface area (TPSA) is 106 Å². The minimum absolute atomic E-state index is 0.0275. The Balaban J connectivity index is 0.000000245. The molecule has 1 aliphatic heterocycles.